The summed E-state index contributed by atoms with van der Waals surface area (Å²) in [5, 5.41) is 8.99. The maximum atomic E-state index is 12.7. The van der Waals surface area contributed by atoms with E-state index in [0.717, 1.165) is 19.3 Å². The molecule has 1 aliphatic rings. The Labute approximate surface area is 130 Å². The van der Waals surface area contributed by atoms with Crippen LogP contribution in [0.4, 0.5) is 0 Å². The monoisotopic (exact) mass is 290 g/mol. The highest BCUT2D eigenvalue weighted by molar-refractivity contribution is 5.94. The van der Waals surface area contributed by atoms with Gasteiger partial charge in [-0.3, -0.25) is 4.79 Å². The van der Waals surface area contributed by atoms with Gasteiger partial charge in [0.15, 0.2) is 0 Å². The first kappa shape index (κ1) is 14.3. The Morgan fingerprint density at radius 3 is 2.86 bits per heavy atom. The summed E-state index contributed by atoms with van der Waals surface area (Å²) < 4.78 is 0. The van der Waals surface area contributed by atoms with Crippen molar-refractivity contribution < 1.29 is 4.79 Å². The largest absolute Gasteiger partial charge is 0.335 e. The Balaban J connectivity index is 1.90. The predicted octanol–water partition coefficient (Wildman–Crippen LogP) is 3.71. The zero-order valence-electron chi connectivity index (χ0n) is 12.6. The molecule has 0 bridgehead atoms. The minimum absolute atomic E-state index is 0.0289. The van der Waals surface area contributed by atoms with Crippen molar-refractivity contribution in [2.24, 2.45) is 0 Å². The highest BCUT2D eigenvalue weighted by Gasteiger charge is 2.27. The van der Waals surface area contributed by atoms with Gasteiger partial charge in [-0.15, -0.1) is 0 Å². The standard InChI is InChI=1S/C19H18N2O/c1-21(19(22)16-9-4-6-14(12-16)13-20)18-11-5-8-15-7-2-3-10-17(15)18/h2-4,6-7,9-10,12,18H,5,8,11H2,1H3/t18-/m1/s1. The van der Waals surface area contributed by atoms with E-state index in [1.165, 1.54) is 11.1 Å². The van der Waals surface area contributed by atoms with Gasteiger partial charge in [-0.1, -0.05) is 30.3 Å². The molecule has 1 atom stereocenters. The molecule has 1 amide bonds. The molecular formula is C19H18N2O. The third-order valence-electron chi connectivity index (χ3n) is 4.36. The van der Waals surface area contributed by atoms with Crippen LogP contribution in [0.15, 0.2) is 48.5 Å². The van der Waals surface area contributed by atoms with Crippen LogP contribution in [0.3, 0.4) is 0 Å². The van der Waals surface area contributed by atoms with E-state index in [1.807, 2.05) is 18.0 Å². The molecule has 0 aliphatic heterocycles. The summed E-state index contributed by atoms with van der Waals surface area (Å²) >= 11 is 0. The number of nitrogens with zero attached hydrogens (tertiary/aromatic N) is 2. The van der Waals surface area contributed by atoms with Crippen LogP contribution in [-0.4, -0.2) is 17.9 Å². The quantitative estimate of drug-likeness (QED) is 0.846. The summed E-state index contributed by atoms with van der Waals surface area (Å²) in [5.74, 6) is -0.0289. The van der Waals surface area contributed by atoms with Gasteiger partial charge >= 0.3 is 0 Å². The minimum Gasteiger partial charge on any atom is -0.335 e. The van der Waals surface area contributed by atoms with Crippen LogP contribution in [0, 0.1) is 11.3 Å². The highest BCUT2D eigenvalue weighted by Crippen LogP contribution is 2.34. The summed E-state index contributed by atoms with van der Waals surface area (Å²) in [7, 11) is 1.86. The third kappa shape index (κ3) is 2.60. The van der Waals surface area contributed by atoms with Crippen molar-refractivity contribution in [1.82, 2.24) is 4.90 Å². The molecule has 0 N–H and O–H groups in total. The molecule has 0 heterocycles. The van der Waals surface area contributed by atoms with Gasteiger partial charge in [0, 0.05) is 12.6 Å². The van der Waals surface area contributed by atoms with Crippen molar-refractivity contribution in [3.8, 4) is 6.07 Å². The molecule has 2 aromatic rings. The van der Waals surface area contributed by atoms with E-state index < -0.39 is 0 Å². The Morgan fingerprint density at radius 1 is 1.23 bits per heavy atom. The lowest BCUT2D eigenvalue weighted by atomic mass is 9.87. The molecule has 0 fully saturated rings. The van der Waals surface area contributed by atoms with Crippen LogP contribution in [0.5, 0.6) is 0 Å². The van der Waals surface area contributed by atoms with Crippen molar-refractivity contribution in [1.29, 1.82) is 5.26 Å². The van der Waals surface area contributed by atoms with E-state index in [1.54, 1.807) is 24.3 Å². The highest BCUT2D eigenvalue weighted by atomic mass is 16.2. The molecule has 3 nitrogen and oxygen atoms in total. The van der Waals surface area contributed by atoms with E-state index >= 15 is 0 Å². The van der Waals surface area contributed by atoms with Gasteiger partial charge in [-0.2, -0.15) is 5.26 Å². The predicted molar refractivity (Wildman–Crippen MR) is 85.4 cm³/mol. The molecule has 2 aromatic carbocycles. The molecule has 0 unspecified atom stereocenters. The third-order valence-corrected chi connectivity index (χ3v) is 4.36. The molecule has 0 radical (unpaired) electrons. The minimum atomic E-state index is -0.0289. The maximum absolute atomic E-state index is 12.7. The van der Waals surface area contributed by atoms with E-state index in [0.29, 0.717) is 11.1 Å². The first-order valence-corrected chi connectivity index (χ1v) is 7.56. The van der Waals surface area contributed by atoms with Crippen molar-refractivity contribution in [2.75, 3.05) is 7.05 Å². The summed E-state index contributed by atoms with van der Waals surface area (Å²) in [5.41, 5.74) is 3.68. The van der Waals surface area contributed by atoms with Gasteiger partial charge in [0.05, 0.1) is 17.7 Å². The fraction of sp³-hybridized carbons (Fsp3) is 0.263. The first-order valence-electron chi connectivity index (χ1n) is 7.56. The second kappa shape index (κ2) is 6.03. The van der Waals surface area contributed by atoms with Gasteiger partial charge in [0.1, 0.15) is 0 Å². The van der Waals surface area contributed by atoms with E-state index in [-0.39, 0.29) is 11.9 Å². The number of nitriles is 1. The summed E-state index contributed by atoms with van der Waals surface area (Å²) in [6.45, 7) is 0. The fourth-order valence-corrected chi connectivity index (χ4v) is 3.20. The van der Waals surface area contributed by atoms with Crippen LogP contribution in [0.25, 0.3) is 0 Å². The maximum Gasteiger partial charge on any atom is 0.254 e. The molecular weight excluding hydrogens is 272 g/mol. The SMILES string of the molecule is CN(C(=O)c1cccc(C#N)c1)[C@@H]1CCCc2ccccc21. The Hall–Kier alpha value is -2.60. The van der Waals surface area contributed by atoms with Crippen LogP contribution < -0.4 is 0 Å². The number of aryl methyl sites for hydroxylation is 1. The molecule has 22 heavy (non-hydrogen) atoms. The Bertz CT molecular complexity index is 745. The van der Waals surface area contributed by atoms with Gasteiger partial charge in [-0.05, 0) is 48.6 Å². The van der Waals surface area contributed by atoms with E-state index in [2.05, 4.69) is 24.3 Å². The van der Waals surface area contributed by atoms with Crippen LogP contribution in [-0.2, 0) is 6.42 Å². The normalized spacial score (nSPS) is 16.5. The molecule has 0 aromatic heterocycles. The van der Waals surface area contributed by atoms with Crippen molar-refractivity contribution >= 4 is 5.91 Å². The molecule has 0 spiro atoms. The van der Waals surface area contributed by atoms with Crippen molar-refractivity contribution in [3.05, 3.63) is 70.8 Å². The average molecular weight is 290 g/mol. The van der Waals surface area contributed by atoms with Gasteiger partial charge < -0.3 is 4.90 Å². The van der Waals surface area contributed by atoms with Gasteiger partial charge in [0.2, 0.25) is 0 Å². The number of benzene rings is 2. The number of rotatable bonds is 2. The molecule has 110 valence electrons. The first-order chi connectivity index (χ1) is 10.7. The number of amides is 1. The van der Waals surface area contributed by atoms with E-state index in [4.69, 9.17) is 5.26 Å². The van der Waals surface area contributed by atoms with Crippen molar-refractivity contribution in [2.45, 2.75) is 25.3 Å². The number of carbonyl (C=O) groups excluding carboxylic acids is 1. The topological polar surface area (TPSA) is 44.1 Å². The number of carbonyl (C=O) groups is 1. The number of hydrogen-bond donors (Lipinski definition) is 0. The van der Waals surface area contributed by atoms with Crippen LogP contribution in [0.2, 0.25) is 0 Å². The molecule has 0 saturated carbocycles. The molecule has 0 saturated heterocycles. The fourth-order valence-electron chi connectivity index (χ4n) is 3.20. The van der Waals surface area contributed by atoms with Crippen molar-refractivity contribution in [3.63, 3.8) is 0 Å². The molecule has 3 rings (SSSR count). The molecule has 3 heteroatoms. The Morgan fingerprint density at radius 2 is 2.05 bits per heavy atom. The van der Waals surface area contributed by atoms with Crippen LogP contribution >= 0.6 is 0 Å². The number of fused-ring (bicyclic) bond motifs is 1. The zero-order chi connectivity index (χ0) is 15.5. The summed E-state index contributed by atoms with van der Waals surface area (Å²) in [6.07, 6.45) is 3.16. The average Bonchev–Trinajstić information content (AvgIpc) is 2.60. The van der Waals surface area contributed by atoms with Gasteiger partial charge in [-0.25, -0.2) is 0 Å². The summed E-state index contributed by atoms with van der Waals surface area (Å²) in [4.78, 5) is 14.6. The second-order valence-corrected chi connectivity index (χ2v) is 5.72. The summed E-state index contributed by atoms with van der Waals surface area (Å²) in [6, 6.07) is 17.5. The molecule has 1 aliphatic carbocycles. The Kier molecular flexibility index (Phi) is 3.93. The van der Waals surface area contributed by atoms with Gasteiger partial charge in [0.25, 0.3) is 5.91 Å². The van der Waals surface area contributed by atoms with E-state index in [9.17, 15) is 4.79 Å². The smallest absolute Gasteiger partial charge is 0.254 e. The lowest BCUT2D eigenvalue weighted by molar-refractivity contribution is 0.0715. The lowest BCUT2D eigenvalue weighted by Gasteiger charge is -2.33. The van der Waals surface area contributed by atoms with Crippen LogP contribution in [0.1, 0.15) is 45.9 Å². The zero-order valence-corrected chi connectivity index (χ0v) is 12.6. The number of hydrogen-bond acceptors (Lipinski definition) is 2. The lowest BCUT2D eigenvalue weighted by Crippen LogP contribution is -2.33. The second-order valence-electron chi connectivity index (χ2n) is 5.72.